The van der Waals surface area contributed by atoms with Crippen molar-refractivity contribution in [1.82, 2.24) is 4.98 Å². The summed E-state index contributed by atoms with van der Waals surface area (Å²) in [6.07, 6.45) is 0. The SMILES string of the molecule is c1ccc2c(c1)-c1ccccc1C21c2ccccc2-c2c1ccc1c(-c3ccc(-c4c5ccccc5c(-c5ccc6ccccc6c5)c5ccccc45)cc3)nc3ccccc3c21. The molecule has 12 aromatic rings. The van der Waals surface area contributed by atoms with Gasteiger partial charge in [-0.15, -0.1) is 0 Å². The van der Waals surface area contributed by atoms with Crippen LogP contribution in [-0.4, -0.2) is 4.98 Å². The Balaban J connectivity index is 0.988. The number of aromatic nitrogens is 1. The standard InChI is InChI=1S/C62H37N/c1-2-16-41-37-42(34-29-38(41)15-1)58-47-21-5-3-19-45(47)57(46-20-4-6-22-48(46)58)39-30-32-40(33-31-39)61-51-35-36-55-60(59(51)50-24-10-14-28-56(50)63-61)49-23-9-13-27-54(49)62(55)52-25-11-7-17-43(52)44-18-8-12-26-53(44)62/h1-37H. The molecule has 0 unspecified atom stereocenters. The highest BCUT2D eigenvalue weighted by Crippen LogP contribution is 2.64. The highest BCUT2D eigenvalue weighted by atomic mass is 14.7. The lowest BCUT2D eigenvalue weighted by atomic mass is 9.70. The number of nitrogens with zero attached hydrogens (tertiary/aromatic N) is 1. The molecule has 2 aliphatic rings. The molecule has 0 radical (unpaired) electrons. The van der Waals surface area contributed by atoms with Gasteiger partial charge in [0, 0.05) is 21.7 Å². The summed E-state index contributed by atoms with van der Waals surface area (Å²) < 4.78 is 0. The average Bonchev–Trinajstić information content (AvgIpc) is 3.83. The molecule has 0 fully saturated rings. The van der Waals surface area contributed by atoms with Crippen LogP contribution in [0.15, 0.2) is 224 Å². The van der Waals surface area contributed by atoms with E-state index in [9.17, 15) is 0 Å². The van der Waals surface area contributed by atoms with Gasteiger partial charge in [0.25, 0.3) is 0 Å². The third kappa shape index (κ3) is 4.63. The van der Waals surface area contributed by atoms with E-state index < -0.39 is 5.41 Å². The number of benzene rings is 11. The Morgan fingerprint density at radius 1 is 0.286 bits per heavy atom. The minimum Gasteiger partial charge on any atom is -0.247 e. The zero-order valence-corrected chi connectivity index (χ0v) is 34.3. The van der Waals surface area contributed by atoms with E-state index in [0.717, 1.165) is 16.8 Å². The molecule has 63 heavy (non-hydrogen) atoms. The Morgan fingerprint density at radius 3 is 1.41 bits per heavy atom. The fourth-order valence-corrected chi connectivity index (χ4v) is 11.7. The minimum atomic E-state index is -0.408. The van der Waals surface area contributed by atoms with E-state index in [0.29, 0.717) is 0 Å². The summed E-state index contributed by atoms with van der Waals surface area (Å²) in [6.45, 7) is 0. The van der Waals surface area contributed by atoms with Crippen LogP contribution >= 0.6 is 0 Å². The van der Waals surface area contributed by atoms with Gasteiger partial charge >= 0.3 is 0 Å². The lowest BCUT2D eigenvalue weighted by Crippen LogP contribution is -2.25. The molecule has 1 heterocycles. The van der Waals surface area contributed by atoms with Gasteiger partial charge in [0.15, 0.2) is 0 Å². The van der Waals surface area contributed by atoms with E-state index in [2.05, 4.69) is 224 Å². The van der Waals surface area contributed by atoms with Crippen LogP contribution in [0.25, 0.3) is 110 Å². The zero-order chi connectivity index (χ0) is 41.2. The van der Waals surface area contributed by atoms with Gasteiger partial charge in [-0.25, -0.2) is 4.98 Å². The van der Waals surface area contributed by atoms with Gasteiger partial charge in [0.05, 0.1) is 16.6 Å². The Labute approximate surface area is 365 Å². The molecule has 1 spiro atoms. The van der Waals surface area contributed by atoms with Gasteiger partial charge < -0.3 is 0 Å². The van der Waals surface area contributed by atoms with E-state index in [-0.39, 0.29) is 0 Å². The maximum Gasteiger partial charge on any atom is 0.0788 e. The van der Waals surface area contributed by atoms with E-state index in [1.807, 2.05) is 0 Å². The topological polar surface area (TPSA) is 12.9 Å². The van der Waals surface area contributed by atoms with Crippen LogP contribution in [0.1, 0.15) is 22.3 Å². The van der Waals surface area contributed by atoms with Crippen molar-refractivity contribution in [3.05, 3.63) is 247 Å². The summed E-state index contributed by atoms with van der Waals surface area (Å²) in [4.78, 5) is 5.49. The van der Waals surface area contributed by atoms with Crippen molar-refractivity contribution in [3.63, 3.8) is 0 Å². The monoisotopic (exact) mass is 795 g/mol. The summed E-state index contributed by atoms with van der Waals surface area (Å²) in [5.41, 5.74) is 18.3. The molecule has 0 bridgehead atoms. The van der Waals surface area contributed by atoms with Crippen molar-refractivity contribution < 1.29 is 0 Å². The van der Waals surface area contributed by atoms with Gasteiger partial charge in [-0.3, -0.25) is 0 Å². The van der Waals surface area contributed by atoms with Crippen LogP contribution in [0, 0.1) is 0 Å². The molecule has 0 saturated heterocycles. The van der Waals surface area contributed by atoms with E-state index in [4.69, 9.17) is 4.98 Å². The highest BCUT2D eigenvalue weighted by molar-refractivity contribution is 6.23. The molecule has 2 aliphatic carbocycles. The van der Waals surface area contributed by atoms with E-state index in [1.165, 1.54) is 115 Å². The summed E-state index contributed by atoms with van der Waals surface area (Å²) in [5.74, 6) is 0. The normalized spacial score (nSPS) is 13.2. The van der Waals surface area contributed by atoms with Crippen LogP contribution < -0.4 is 0 Å². The van der Waals surface area contributed by atoms with Gasteiger partial charge in [0.1, 0.15) is 0 Å². The van der Waals surface area contributed by atoms with Crippen LogP contribution in [-0.2, 0) is 5.41 Å². The lowest BCUT2D eigenvalue weighted by molar-refractivity contribution is 0.794. The molecule has 0 atom stereocenters. The number of para-hydroxylation sites is 1. The Morgan fingerprint density at radius 2 is 0.762 bits per heavy atom. The molecule has 1 nitrogen and oxygen atoms in total. The predicted molar refractivity (Wildman–Crippen MR) is 264 cm³/mol. The van der Waals surface area contributed by atoms with Gasteiger partial charge in [-0.2, -0.15) is 0 Å². The maximum atomic E-state index is 5.49. The number of rotatable bonds is 3. The summed E-state index contributed by atoms with van der Waals surface area (Å²) >= 11 is 0. The maximum absolute atomic E-state index is 5.49. The Kier molecular flexibility index (Phi) is 7.10. The smallest absolute Gasteiger partial charge is 0.0788 e. The van der Waals surface area contributed by atoms with Crippen molar-refractivity contribution in [2.75, 3.05) is 0 Å². The predicted octanol–water partition coefficient (Wildman–Crippen LogP) is 16.2. The molecule has 14 rings (SSSR count). The van der Waals surface area contributed by atoms with Crippen molar-refractivity contribution in [2.45, 2.75) is 5.41 Å². The molecule has 1 aromatic heterocycles. The fourth-order valence-electron chi connectivity index (χ4n) is 11.7. The molecule has 1 heteroatoms. The van der Waals surface area contributed by atoms with E-state index in [1.54, 1.807) is 0 Å². The molecule has 0 amide bonds. The van der Waals surface area contributed by atoms with Gasteiger partial charge in [-0.05, 0) is 111 Å². The molecule has 0 N–H and O–H groups in total. The second-order valence-electron chi connectivity index (χ2n) is 17.3. The van der Waals surface area contributed by atoms with Crippen molar-refractivity contribution >= 4 is 54.0 Å². The molecule has 11 aromatic carbocycles. The number of hydrogen-bond donors (Lipinski definition) is 0. The first-order valence-electron chi connectivity index (χ1n) is 22.0. The molecular weight excluding hydrogens is 759 g/mol. The summed E-state index contributed by atoms with van der Waals surface area (Å²) in [5, 5.41) is 11.1. The van der Waals surface area contributed by atoms with Crippen LogP contribution in [0.3, 0.4) is 0 Å². The fraction of sp³-hybridized carbons (Fsp3) is 0.0161. The number of hydrogen-bond acceptors (Lipinski definition) is 1. The highest BCUT2D eigenvalue weighted by Gasteiger charge is 2.52. The summed E-state index contributed by atoms with van der Waals surface area (Å²) in [6, 6.07) is 83.3. The molecule has 0 aliphatic heterocycles. The first kappa shape index (κ1) is 34.6. The quantitative estimate of drug-likeness (QED) is 0.128. The second kappa shape index (κ2) is 12.9. The third-order valence-electron chi connectivity index (χ3n) is 14.2. The molecule has 290 valence electrons. The number of pyridine rings is 1. The van der Waals surface area contributed by atoms with Crippen LogP contribution in [0.5, 0.6) is 0 Å². The Hall–Kier alpha value is -8.13. The summed E-state index contributed by atoms with van der Waals surface area (Å²) in [7, 11) is 0. The lowest BCUT2D eigenvalue weighted by Gasteiger charge is -2.30. The van der Waals surface area contributed by atoms with Crippen molar-refractivity contribution in [3.8, 4) is 55.8 Å². The number of fused-ring (bicyclic) bond motifs is 17. The molecular formula is C62H37N. The Bertz CT molecular complexity index is 3810. The van der Waals surface area contributed by atoms with Gasteiger partial charge in [0.2, 0.25) is 0 Å². The van der Waals surface area contributed by atoms with Crippen LogP contribution in [0.2, 0.25) is 0 Å². The van der Waals surface area contributed by atoms with Crippen LogP contribution in [0.4, 0.5) is 0 Å². The van der Waals surface area contributed by atoms with Gasteiger partial charge in [-0.1, -0.05) is 212 Å². The largest absolute Gasteiger partial charge is 0.247 e. The second-order valence-corrected chi connectivity index (χ2v) is 17.3. The minimum absolute atomic E-state index is 0.408. The van der Waals surface area contributed by atoms with Crippen molar-refractivity contribution in [1.29, 1.82) is 0 Å². The van der Waals surface area contributed by atoms with E-state index >= 15 is 0 Å². The average molecular weight is 796 g/mol. The molecule has 0 saturated carbocycles. The van der Waals surface area contributed by atoms with Crippen molar-refractivity contribution in [2.24, 2.45) is 0 Å². The first-order valence-corrected chi connectivity index (χ1v) is 22.0. The zero-order valence-electron chi connectivity index (χ0n) is 34.3. The third-order valence-corrected chi connectivity index (χ3v) is 14.2. The first-order chi connectivity index (χ1) is 31.3.